The van der Waals surface area contributed by atoms with Crippen molar-refractivity contribution in [2.24, 2.45) is 17.2 Å². The lowest BCUT2D eigenvalue weighted by Gasteiger charge is -2.47. The molecule has 0 bridgehead atoms. The van der Waals surface area contributed by atoms with E-state index in [-0.39, 0.29) is 0 Å². The maximum Gasteiger partial charge on any atom is 0.314 e. The minimum atomic E-state index is -2.53. The third kappa shape index (κ3) is 4.46. The summed E-state index contributed by atoms with van der Waals surface area (Å²) < 4.78 is 28.3. The van der Waals surface area contributed by atoms with Crippen molar-refractivity contribution >= 4 is 0 Å². The van der Waals surface area contributed by atoms with Crippen molar-refractivity contribution in [3.63, 3.8) is 0 Å². The van der Waals surface area contributed by atoms with Gasteiger partial charge in [-0.1, -0.05) is 0 Å². The standard InChI is InChI=1S/C19H35N3O14/c20-3(1-23)13-11(29)12(30)17(31)19(34-13)35-15-7(25)4(2-24)32-18(16(15)36-19)33-14-9(27)5(21)8(26)6(22)10(14)28/h3-18,23-31H,1-2,20-22H2/t3?,4-,5-,6+,7+,8?,9+,10-,11?,12-,13-,14?,15?,16?,17?,18+,19?/m1/s1. The molecule has 1 spiro atoms. The molecular weight excluding hydrogens is 494 g/mol. The minimum absolute atomic E-state index is 0.679. The van der Waals surface area contributed by atoms with E-state index in [0.29, 0.717) is 0 Å². The molecule has 1 aliphatic carbocycles. The van der Waals surface area contributed by atoms with E-state index in [9.17, 15) is 46.0 Å². The molecule has 0 amide bonds. The fourth-order valence-corrected chi connectivity index (χ4v) is 4.99. The molecule has 3 saturated heterocycles. The Hall–Kier alpha value is -0.680. The Labute approximate surface area is 204 Å². The van der Waals surface area contributed by atoms with Crippen LogP contribution in [-0.2, 0) is 23.7 Å². The molecule has 0 aromatic carbocycles. The molecular formula is C19H35N3O14. The van der Waals surface area contributed by atoms with Gasteiger partial charge in [0.25, 0.3) is 0 Å². The Kier molecular flexibility index (Phi) is 8.24. The molecule has 8 unspecified atom stereocenters. The summed E-state index contributed by atoms with van der Waals surface area (Å²) in [6.45, 7) is -1.42. The monoisotopic (exact) mass is 529 g/mol. The van der Waals surface area contributed by atoms with Gasteiger partial charge in [0.1, 0.15) is 61.0 Å². The molecule has 3 heterocycles. The highest BCUT2D eigenvalue weighted by molar-refractivity contribution is 5.06. The quantitative estimate of drug-likeness (QED) is 0.157. The van der Waals surface area contributed by atoms with Crippen LogP contribution in [0.2, 0.25) is 0 Å². The number of hydrogen-bond donors (Lipinski definition) is 12. The molecule has 4 fully saturated rings. The van der Waals surface area contributed by atoms with Crippen LogP contribution in [0.4, 0.5) is 0 Å². The van der Waals surface area contributed by atoms with Crippen molar-refractivity contribution in [3.8, 4) is 0 Å². The van der Waals surface area contributed by atoms with Crippen LogP contribution in [0.1, 0.15) is 0 Å². The third-order valence-electron chi connectivity index (χ3n) is 7.25. The SMILES string of the molecule is NC(CO)[C@H]1OC2(OC3C(O2)[C@@H](O)[C@@H](CO)O[C@H]3OC2[C@@H](O)[C@H](N)C(O)[C@H](N)[C@H]2O)C(O)[C@H](O)C1O. The van der Waals surface area contributed by atoms with Gasteiger partial charge in [-0.05, 0) is 0 Å². The predicted octanol–water partition coefficient (Wildman–Crippen LogP) is -8.56. The normalized spacial score (nSPS) is 56.5. The lowest BCUT2D eigenvalue weighted by atomic mass is 9.82. The van der Waals surface area contributed by atoms with Crippen molar-refractivity contribution in [3.05, 3.63) is 0 Å². The second-order valence-corrected chi connectivity index (χ2v) is 9.57. The second-order valence-electron chi connectivity index (χ2n) is 9.57. The summed E-state index contributed by atoms with van der Waals surface area (Å²) in [5.41, 5.74) is 17.3. The van der Waals surface area contributed by atoms with Crippen molar-refractivity contribution in [1.82, 2.24) is 0 Å². The number of ether oxygens (including phenoxy) is 5. The van der Waals surface area contributed by atoms with Gasteiger partial charge in [0.15, 0.2) is 12.4 Å². The number of aliphatic hydroxyl groups is 9. The topological polar surface area (TPSA) is 306 Å². The van der Waals surface area contributed by atoms with Gasteiger partial charge in [0.05, 0.1) is 37.4 Å². The summed E-state index contributed by atoms with van der Waals surface area (Å²) in [4.78, 5) is 0. The predicted molar refractivity (Wildman–Crippen MR) is 111 cm³/mol. The fourth-order valence-electron chi connectivity index (χ4n) is 4.99. The van der Waals surface area contributed by atoms with Gasteiger partial charge in [-0.15, -0.1) is 0 Å². The van der Waals surface area contributed by atoms with Crippen molar-refractivity contribution in [1.29, 1.82) is 0 Å². The number of hydrogen-bond acceptors (Lipinski definition) is 17. The molecule has 3 aliphatic heterocycles. The first kappa shape index (κ1) is 28.3. The van der Waals surface area contributed by atoms with Crippen molar-refractivity contribution in [2.45, 2.75) is 104 Å². The zero-order chi connectivity index (χ0) is 26.7. The van der Waals surface area contributed by atoms with Crippen LogP contribution in [0, 0.1) is 0 Å². The molecule has 0 radical (unpaired) electrons. The molecule has 1 saturated carbocycles. The molecule has 36 heavy (non-hydrogen) atoms. The van der Waals surface area contributed by atoms with Crippen LogP contribution in [0.5, 0.6) is 0 Å². The molecule has 0 aromatic rings. The fraction of sp³-hybridized carbons (Fsp3) is 1.00. The Morgan fingerprint density at radius 3 is 1.89 bits per heavy atom. The Morgan fingerprint density at radius 1 is 0.750 bits per heavy atom. The lowest BCUT2D eigenvalue weighted by molar-refractivity contribution is -0.439. The first-order chi connectivity index (χ1) is 16.9. The molecule has 17 heteroatoms. The number of fused-ring (bicyclic) bond motifs is 1. The molecule has 4 rings (SSSR count). The third-order valence-corrected chi connectivity index (χ3v) is 7.25. The summed E-state index contributed by atoms with van der Waals surface area (Å²) in [5.74, 6) is -2.53. The number of rotatable bonds is 5. The Morgan fingerprint density at radius 2 is 1.33 bits per heavy atom. The van der Waals surface area contributed by atoms with E-state index >= 15 is 0 Å². The van der Waals surface area contributed by atoms with Gasteiger partial charge in [0.2, 0.25) is 0 Å². The van der Waals surface area contributed by atoms with E-state index in [1.807, 2.05) is 0 Å². The van der Waals surface area contributed by atoms with Crippen LogP contribution in [-0.4, -0.2) is 163 Å². The summed E-state index contributed by atoms with van der Waals surface area (Å²) in [7, 11) is 0. The zero-order valence-corrected chi connectivity index (χ0v) is 19.0. The summed E-state index contributed by atoms with van der Waals surface area (Å²) >= 11 is 0. The molecule has 17 nitrogen and oxygen atoms in total. The zero-order valence-electron chi connectivity index (χ0n) is 19.0. The first-order valence-electron chi connectivity index (χ1n) is 11.5. The van der Waals surface area contributed by atoms with Crippen molar-refractivity contribution < 1.29 is 69.6 Å². The van der Waals surface area contributed by atoms with E-state index in [1.165, 1.54) is 0 Å². The highest BCUT2D eigenvalue weighted by Crippen LogP contribution is 2.45. The average molecular weight is 529 g/mol. The Balaban J connectivity index is 1.63. The first-order valence-corrected chi connectivity index (χ1v) is 11.5. The van der Waals surface area contributed by atoms with Crippen LogP contribution < -0.4 is 17.2 Å². The van der Waals surface area contributed by atoms with E-state index in [4.69, 9.17) is 40.9 Å². The van der Waals surface area contributed by atoms with E-state index in [2.05, 4.69) is 0 Å². The van der Waals surface area contributed by atoms with Crippen LogP contribution in [0.25, 0.3) is 0 Å². The molecule has 15 N–H and O–H groups in total. The van der Waals surface area contributed by atoms with Gasteiger partial charge in [-0.2, -0.15) is 0 Å². The van der Waals surface area contributed by atoms with Crippen molar-refractivity contribution in [2.75, 3.05) is 13.2 Å². The number of aliphatic hydroxyl groups excluding tert-OH is 9. The highest BCUT2D eigenvalue weighted by atomic mass is 16.9. The summed E-state index contributed by atoms with van der Waals surface area (Å²) in [6.07, 6.45) is -20.9. The van der Waals surface area contributed by atoms with Gasteiger partial charge in [0, 0.05) is 0 Å². The maximum absolute atomic E-state index is 10.7. The molecule has 4 aliphatic rings. The van der Waals surface area contributed by atoms with Gasteiger partial charge >= 0.3 is 5.97 Å². The van der Waals surface area contributed by atoms with Crippen LogP contribution in [0.15, 0.2) is 0 Å². The van der Waals surface area contributed by atoms with E-state index < -0.39 is 117 Å². The van der Waals surface area contributed by atoms with Crippen LogP contribution in [0.3, 0.4) is 0 Å². The summed E-state index contributed by atoms with van der Waals surface area (Å²) in [6, 6.07) is -3.85. The number of nitrogens with two attached hydrogens (primary N) is 3. The van der Waals surface area contributed by atoms with Gasteiger partial charge < -0.3 is 86.8 Å². The van der Waals surface area contributed by atoms with E-state index in [1.54, 1.807) is 0 Å². The minimum Gasteiger partial charge on any atom is -0.395 e. The largest absolute Gasteiger partial charge is 0.395 e. The Bertz CT molecular complexity index is 755. The maximum atomic E-state index is 10.7. The summed E-state index contributed by atoms with van der Waals surface area (Å²) in [5, 5.41) is 92.2. The van der Waals surface area contributed by atoms with Gasteiger partial charge in [-0.3, -0.25) is 0 Å². The van der Waals surface area contributed by atoms with Gasteiger partial charge in [-0.25, -0.2) is 0 Å². The molecule has 0 aromatic heterocycles. The second kappa shape index (κ2) is 10.5. The van der Waals surface area contributed by atoms with E-state index in [0.717, 1.165) is 0 Å². The highest BCUT2D eigenvalue weighted by Gasteiger charge is 2.67. The average Bonchev–Trinajstić information content (AvgIpc) is 3.27. The van der Waals surface area contributed by atoms with Crippen LogP contribution >= 0.6 is 0 Å². The lowest BCUT2D eigenvalue weighted by Crippen LogP contribution is -2.71. The smallest absolute Gasteiger partial charge is 0.314 e. The molecule has 210 valence electrons. The molecule has 17 atom stereocenters.